The van der Waals surface area contributed by atoms with Crippen molar-refractivity contribution in [1.29, 1.82) is 0 Å². The van der Waals surface area contributed by atoms with Gasteiger partial charge in [-0.25, -0.2) is 4.39 Å². The van der Waals surface area contributed by atoms with Crippen LogP contribution in [0.1, 0.15) is 98.8 Å². The van der Waals surface area contributed by atoms with Crippen LogP contribution < -0.4 is 0 Å². The summed E-state index contributed by atoms with van der Waals surface area (Å²) in [7, 11) is 0. The second-order valence-corrected chi connectivity index (χ2v) is 12.1. The van der Waals surface area contributed by atoms with Crippen LogP contribution in [-0.2, 0) is 4.79 Å². The summed E-state index contributed by atoms with van der Waals surface area (Å²) < 4.78 is 14.1. The Hall–Kier alpha value is -0.660. The van der Waals surface area contributed by atoms with Crippen molar-refractivity contribution in [3.63, 3.8) is 0 Å². The van der Waals surface area contributed by atoms with E-state index >= 15 is 0 Å². The van der Waals surface area contributed by atoms with Crippen molar-refractivity contribution in [3.05, 3.63) is 11.6 Å². The van der Waals surface area contributed by atoms with E-state index in [4.69, 9.17) is 0 Å². The second-order valence-electron chi connectivity index (χ2n) is 12.1. The molecule has 8 unspecified atom stereocenters. The summed E-state index contributed by atoms with van der Waals surface area (Å²) in [6.45, 7) is 12.0. The molecule has 4 aliphatic rings. The van der Waals surface area contributed by atoms with Gasteiger partial charge in [0.15, 0.2) is 5.78 Å². The minimum absolute atomic E-state index is 0.0729. The van der Waals surface area contributed by atoms with Crippen molar-refractivity contribution < 1.29 is 9.18 Å². The first-order valence-corrected chi connectivity index (χ1v) is 12.6. The van der Waals surface area contributed by atoms with Gasteiger partial charge in [-0.3, -0.25) is 4.79 Å². The quantitative estimate of drug-likeness (QED) is 0.464. The lowest BCUT2D eigenvalue weighted by atomic mass is 9.46. The molecule has 29 heavy (non-hydrogen) atoms. The minimum atomic E-state index is -0.741. The molecular formula is C27H43FO. The predicted octanol–water partition coefficient (Wildman–Crippen LogP) is 7.54. The van der Waals surface area contributed by atoms with Crippen LogP contribution in [0.2, 0.25) is 0 Å². The molecule has 0 aliphatic heterocycles. The Morgan fingerprint density at radius 2 is 1.79 bits per heavy atom. The van der Waals surface area contributed by atoms with E-state index in [1.54, 1.807) is 0 Å². The predicted molar refractivity (Wildman–Crippen MR) is 118 cm³/mol. The molecule has 0 radical (unpaired) electrons. The number of rotatable bonds is 5. The Bertz CT molecular complexity index is 665. The van der Waals surface area contributed by atoms with Crippen LogP contribution in [0.4, 0.5) is 4.39 Å². The Morgan fingerprint density at radius 3 is 2.52 bits per heavy atom. The third kappa shape index (κ3) is 3.55. The van der Waals surface area contributed by atoms with Gasteiger partial charge in [-0.05, 0) is 85.0 Å². The molecule has 0 aromatic heterocycles. The molecule has 164 valence electrons. The Balaban J connectivity index is 1.54. The van der Waals surface area contributed by atoms with E-state index in [-0.39, 0.29) is 11.3 Å². The number of halogens is 1. The van der Waals surface area contributed by atoms with Crippen LogP contribution in [0.3, 0.4) is 0 Å². The van der Waals surface area contributed by atoms with Crippen LogP contribution in [0.25, 0.3) is 0 Å². The summed E-state index contributed by atoms with van der Waals surface area (Å²) in [5, 5.41) is 0. The number of allylic oxidation sites excluding steroid dienone is 2. The molecule has 0 bridgehead atoms. The molecule has 4 rings (SSSR count). The first kappa shape index (κ1) is 21.6. The van der Waals surface area contributed by atoms with Gasteiger partial charge in [0.25, 0.3) is 0 Å². The maximum atomic E-state index is 14.1. The van der Waals surface area contributed by atoms with E-state index < -0.39 is 6.17 Å². The smallest absolute Gasteiger partial charge is 0.159 e. The fraction of sp³-hybridized carbons (Fsp3) is 0.889. The van der Waals surface area contributed by atoms with Gasteiger partial charge in [0, 0.05) is 12.3 Å². The van der Waals surface area contributed by atoms with Crippen LogP contribution >= 0.6 is 0 Å². The van der Waals surface area contributed by atoms with Crippen molar-refractivity contribution in [1.82, 2.24) is 0 Å². The third-order valence-electron chi connectivity index (χ3n) is 10.1. The zero-order valence-electron chi connectivity index (χ0n) is 19.5. The number of alkyl halides is 1. The average molecular weight is 403 g/mol. The SMILES string of the molecule is CC(C)CCCC(C)C1CCC2C3C(=O)C=C4CC(F)CCC4(C)C3CCC12C. The Morgan fingerprint density at radius 1 is 1.03 bits per heavy atom. The highest BCUT2D eigenvalue weighted by atomic mass is 19.1. The summed E-state index contributed by atoms with van der Waals surface area (Å²) in [6.07, 6.45) is 12.3. The molecule has 8 atom stereocenters. The second kappa shape index (κ2) is 7.79. The van der Waals surface area contributed by atoms with E-state index in [1.807, 2.05) is 6.08 Å². The van der Waals surface area contributed by atoms with Crippen molar-refractivity contribution >= 4 is 5.78 Å². The van der Waals surface area contributed by atoms with Gasteiger partial charge < -0.3 is 0 Å². The lowest BCUT2D eigenvalue weighted by molar-refractivity contribution is -0.134. The summed E-state index contributed by atoms with van der Waals surface area (Å²) in [4.78, 5) is 13.3. The first-order valence-electron chi connectivity index (χ1n) is 12.6. The molecule has 0 heterocycles. The van der Waals surface area contributed by atoms with Crippen LogP contribution in [0.15, 0.2) is 11.6 Å². The lowest BCUT2D eigenvalue weighted by Crippen LogP contribution is -2.53. The van der Waals surface area contributed by atoms with E-state index in [9.17, 15) is 9.18 Å². The van der Waals surface area contributed by atoms with Gasteiger partial charge in [0.1, 0.15) is 6.17 Å². The molecular weight excluding hydrogens is 359 g/mol. The van der Waals surface area contributed by atoms with Gasteiger partial charge in [0.2, 0.25) is 0 Å². The molecule has 1 nitrogen and oxygen atoms in total. The molecule has 4 aliphatic carbocycles. The van der Waals surface area contributed by atoms with Crippen LogP contribution in [-0.4, -0.2) is 12.0 Å². The highest BCUT2D eigenvalue weighted by Gasteiger charge is 2.61. The van der Waals surface area contributed by atoms with Gasteiger partial charge in [0.05, 0.1) is 0 Å². The van der Waals surface area contributed by atoms with E-state index in [1.165, 1.54) is 44.9 Å². The molecule has 0 aromatic carbocycles. The summed E-state index contributed by atoms with van der Waals surface area (Å²) in [5.74, 6) is 3.88. The van der Waals surface area contributed by atoms with Crippen molar-refractivity contribution in [2.24, 2.45) is 46.3 Å². The van der Waals surface area contributed by atoms with E-state index in [0.717, 1.165) is 29.7 Å². The summed E-state index contributed by atoms with van der Waals surface area (Å²) in [5.41, 5.74) is 1.54. The fourth-order valence-corrected chi connectivity index (χ4v) is 8.38. The lowest BCUT2D eigenvalue weighted by Gasteiger charge is -2.57. The number of carbonyl (C=O) groups is 1. The Kier molecular flexibility index (Phi) is 5.79. The summed E-state index contributed by atoms with van der Waals surface area (Å²) >= 11 is 0. The van der Waals surface area contributed by atoms with Crippen molar-refractivity contribution in [3.8, 4) is 0 Å². The Labute approximate surface area is 178 Å². The highest BCUT2D eigenvalue weighted by Crippen LogP contribution is 2.66. The molecule has 2 heteroatoms. The van der Waals surface area contributed by atoms with Crippen molar-refractivity contribution in [2.45, 2.75) is 105 Å². The van der Waals surface area contributed by atoms with Crippen LogP contribution in [0.5, 0.6) is 0 Å². The number of ketones is 1. The topological polar surface area (TPSA) is 17.1 Å². The molecule has 0 aromatic rings. The van der Waals surface area contributed by atoms with E-state index in [0.29, 0.717) is 35.9 Å². The molecule has 3 saturated carbocycles. The molecule has 0 N–H and O–H groups in total. The van der Waals surface area contributed by atoms with Crippen LogP contribution in [0, 0.1) is 46.3 Å². The molecule has 0 amide bonds. The zero-order valence-corrected chi connectivity index (χ0v) is 19.5. The first-order chi connectivity index (χ1) is 13.7. The number of carbonyl (C=O) groups excluding carboxylic acids is 1. The normalized spacial score (nSPS) is 45.4. The molecule has 3 fully saturated rings. The maximum Gasteiger partial charge on any atom is 0.159 e. The standard InChI is InChI=1S/C27H43FO/c1-17(2)7-6-8-18(3)21-9-10-22-25-23(12-14-27(21,22)5)26(4)13-11-20(28)15-19(26)16-24(25)29/h16-18,20-23,25H,6-15H2,1-5H3. The van der Waals surface area contributed by atoms with Gasteiger partial charge in [-0.1, -0.05) is 59.5 Å². The number of hydrogen-bond donors (Lipinski definition) is 0. The largest absolute Gasteiger partial charge is 0.295 e. The molecule has 0 spiro atoms. The van der Waals surface area contributed by atoms with Gasteiger partial charge in [-0.15, -0.1) is 0 Å². The number of hydrogen-bond acceptors (Lipinski definition) is 1. The zero-order chi connectivity index (χ0) is 21.0. The highest BCUT2D eigenvalue weighted by molar-refractivity contribution is 5.94. The number of fused-ring (bicyclic) bond motifs is 5. The molecule has 0 saturated heterocycles. The monoisotopic (exact) mass is 402 g/mol. The summed E-state index contributed by atoms with van der Waals surface area (Å²) in [6, 6.07) is 0. The fourth-order valence-electron chi connectivity index (χ4n) is 8.38. The van der Waals surface area contributed by atoms with Gasteiger partial charge in [-0.2, -0.15) is 0 Å². The average Bonchev–Trinajstić information content (AvgIpc) is 3.00. The van der Waals surface area contributed by atoms with Crippen molar-refractivity contribution in [2.75, 3.05) is 0 Å². The maximum absolute atomic E-state index is 14.1. The minimum Gasteiger partial charge on any atom is -0.295 e. The van der Waals surface area contributed by atoms with Gasteiger partial charge >= 0.3 is 0 Å². The van der Waals surface area contributed by atoms with E-state index in [2.05, 4.69) is 34.6 Å². The third-order valence-corrected chi connectivity index (χ3v) is 10.1.